The van der Waals surface area contributed by atoms with Crippen LogP contribution >= 0.6 is 11.8 Å². The molecule has 3 amide bonds. The maximum absolute atomic E-state index is 12.8. The van der Waals surface area contributed by atoms with E-state index in [9.17, 15) is 24.5 Å². The van der Waals surface area contributed by atoms with Crippen LogP contribution in [0.3, 0.4) is 0 Å². The molecule has 1 aromatic carbocycles. The van der Waals surface area contributed by atoms with E-state index in [0.717, 1.165) is 52.1 Å². The molecular formula is C22H22N4O5S. The summed E-state index contributed by atoms with van der Waals surface area (Å²) in [5, 5.41) is 10.5. The van der Waals surface area contributed by atoms with E-state index in [2.05, 4.69) is 0 Å². The number of imide groups is 1. The number of carbonyl (C=O) groups is 3. The van der Waals surface area contributed by atoms with Crippen molar-refractivity contribution < 1.29 is 19.3 Å². The minimum atomic E-state index is -0.465. The van der Waals surface area contributed by atoms with Gasteiger partial charge in [0.2, 0.25) is 5.91 Å². The summed E-state index contributed by atoms with van der Waals surface area (Å²) in [6, 6.07) is 8.10. The van der Waals surface area contributed by atoms with E-state index in [0.29, 0.717) is 13.1 Å². The highest BCUT2D eigenvalue weighted by molar-refractivity contribution is 8.18. The molecule has 0 spiro atoms. The monoisotopic (exact) mass is 454 g/mol. The number of carbonyl (C=O) groups excluding carboxylic acids is 3. The molecule has 4 rings (SSSR count). The minimum Gasteiger partial charge on any atom is -0.341 e. The molecule has 2 saturated heterocycles. The smallest absolute Gasteiger partial charge is 0.294 e. The Kier molecular flexibility index (Phi) is 5.88. The van der Waals surface area contributed by atoms with Gasteiger partial charge in [-0.2, -0.15) is 0 Å². The summed E-state index contributed by atoms with van der Waals surface area (Å²) in [5.41, 5.74) is 3.24. The van der Waals surface area contributed by atoms with Crippen molar-refractivity contribution in [3.8, 4) is 5.69 Å². The number of nitrogens with zero attached hydrogens (tertiary/aromatic N) is 4. The molecule has 1 aromatic heterocycles. The van der Waals surface area contributed by atoms with E-state index in [1.807, 2.05) is 24.5 Å². The SMILES string of the molecule is Cc1cc(C=C2SC(=O)N(CC(=O)N3CCCC3)C2=O)c(C)n1-c1ccc([N+](=O)[O-])cc1. The number of hydrogen-bond donors (Lipinski definition) is 0. The maximum atomic E-state index is 12.8. The number of thioether (sulfide) groups is 1. The molecule has 0 radical (unpaired) electrons. The van der Waals surface area contributed by atoms with E-state index in [-0.39, 0.29) is 23.0 Å². The largest absolute Gasteiger partial charge is 0.341 e. The third-order valence-electron chi connectivity index (χ3n) is 5.70. The van der Waals surface area contributed by atoms with E-state index in [1.54, 1.807) is 23.1 Å². The number of hydrogen-bond acceptors (Lipinski definition) is 6. The van der Waals surface area contributed by atoms with E-state index in [1.165, 1.54) is 12.1 Å². The average molecular weight is 455 g/mol. The fraction of sp³-hybridized carbons (Fsp3) is 0.318. The zero-order valence-corrected chi connectivity index (χ0v) is 18.6. The summed E-state index contributed by atoms with van der Waals surface area (Å²) in [6.07, 6.45) is 3.55. The number of nitro benzene ring substituents is 1. The lowest BCUT2D eigenvalue weighted by atomic mass is 10.2. The molecule has 32 heavy (non-hydrogen) atoms. The Balaban J connectivity index is 1.57. The molecule has 2 aliphatic rings. The lowest BCUT2D eigenvalue weighted by molar-refractivity contribution is -0.384. The molecule has 10 heteroatoms. The second-order valence-corrected chi connectivity index (χ2v) is 8.78. The molecule has 166 valence electrons. The number of aromatic nitrogens is 1. The van der Waals surface area contributed by atoms with Gasteiger partial charge >= 0.3 is 0 Å². The van der Waals surface area contributed by atoms with Crippen molar-refractivity contribution in [1.82, 2.24) is 14.4 Å². The van der Waals surface area contributed by atoms with Gasteiger partial charge in [-0.05, 0) is 68.3 Å². The van der Waals surface area contributed by atoms with E-state index >= 15 is 0 Å². The second kappa shape index (κ2) is 8.62. The molecular weight excluding hydrogens is 432 g/mol. The van der Waals surface area contributed by atoms with Crippen LogP contribution in [0.4, 0.5) is 10.5 Å². The van der Waals surface area contributed by atoms with Gasteiger partial charge in [0.05, 0.1) is 9.83 Å². The predicted molar refractivity (Wildman–Crippen MR) is 120 cm³/mol. The Hall–Kier alpha value is -3.40. The van der Waals surface area contributed by atoms with Crippen molar-refractivity contribution in [1.29, 1.82) is 0 Å². The van der Waals surface area contributed by atoms with Crippen LogP contribution in [-0.2, 0) is 9.59 Å². The molecule has 0 bridgehead atoms. The van der Waals surface area contributed by atoms with Crippen LogP contribution in [0.2, 0.25) is 0 Å². The van der Waals surface area contributed by atoms with Gasteiger partial charge < -0.3 is 9.47 Å². The number of nitro groups is 1. The van der Waals surface area contributed by atoms with Crippen LogP contribution in [0.25, 0.3) is 11.8 Å². The standard InChI is InChI=1S/C22H22N4O5S/c1-14-11-16(15(2)25(14)17-5-7-18(8-6-17)26(30)31)12-19-21(28)24(22(29)32-19)13-20(27)23-9-3-4-10-23/h5-8,11-12H,3-4,9-10,13H2,1-2H3. The Morgan fingerprint density at radius 3 is 2.44 bits per heavy atom. The number of aryl methyl sites for hydroxylation is 1. The van der Waals surface area contributed by atoms with Crippen LogP contribution in [0.15, 0.2) is 35.2 Å². The molecule has 0 atom stereocenters. The fourth-order valence-electron chi connectivity index (χ4n) is 4.03. The molecule has 0 saturated carbocycles. The van der Waals surface area contributed by atoms with Crippen molar-refractivity contribution in [3.05, 3.63) is 62.3 Å². The highest BCUT2D eigenvalue weighted by Crippen LogP contribution is 2.34. The van der Waals surface area contributed by atoms with E-state index in [4.69, 9.17) is 0 Å². The van der Waals surface area contributed by atoms with Crippen LogP contribution < -0.4 is 0 Å². The maximum Gasteiger partial charge on any atom is 0.294 e. The van der Waals surface area contributed by atoms with Crippen LogP contribution in [-0.4, -0.2) is 56.0 Å². The molecule has 9 nitrogen and oxygen atoms in total. The van der Waals surface area contributed by atoms with Gasteiger partial charge in [0.15, 0.2) is 0 Å². The quantitative estimate of drug-likeness (QED) is 0.388. The van der Waals surface area contributed by atoms with Crippen molar-refractivity contribution in [2.75, 3.05) is 19.6 Å². The highest BCUT2D eigenvalue weighted by Gasteiger charge is 2.37. The molecule has 2 aromatic rings. The highest BCUT2D eigenvalue weighted by atomic mass is 32.2. The fourth-order valence-corrected chi connectivity index (χ4v) is 4.86. The van der Waals surface area contributed by atoms with E-state index < -0.39 is 16.1 Å². The lowest BCUT2D eigenvalue weighted by Gasteiger charge is -2.18. The number of rotatable bonds is 5. The summed E-state index contributed by atoms with van der Waals surface area (Å²) in [7, 11) is 0. The van der Waals surface area contributed by atoms with Gasteiger partial charge in [-0.25, -0.2) is 0 Å². The Bertz CT molecular complexity index is 1150. The predicted octanol–water partition coefficient (Wildman–Crippen LogP) is 3.66. The van der Waals surface area contributed by atoms with Crippen LogP contribution in [0, 0.1) is 24.0 Å². The van der Waals surface area contributed by atoms with Gasteiger partial charge in [-0.1, -0.05) is 0 Å². The van der Waals surface area contributed by atoms with Crippen molar-refractivity contribution in [2.24, 2.45) is 0 Å². The molecule has 2 fully saturated rings. The first-order valence-corrected chi connectivity index (χ1v) is 11.0. The second-order valence-electron chi connectivity index (χ2n) is 7.79. The topological polar surface area (TPSA) is 106 Å². The molecule has 3 heterocycles. The van der Waals surface area contributed by atoms with Gasteiger partial charge in [0, 0.05) is 42.3 Å². The Labute approximate surface area is 188 Å². The van der Waals surface area contributed by atoms with Crippen molar-refractivity contribution in [3.63, 3.8) is 0 Å². The van der Waals surface area contributed by atoms with Gasteiger partial charge in [-0.15, -0.1) is 0 Å². The first-order chi connectivity index (χ1) is 15.3. The van der Waals surface area contributed by atoms with Gasteiger partial charge in [-0.3, -0.25) is 29.4 Å². The summed E-state index contributed by atoms with van der Waals surface area (Å²) < 4.78 is 1.93. The summed E-state index contributed by atoms with van der Waals surface area (Å²) >= 11 is 0.830. The third-order valence-corrected chi connectivity index (χ3v) is 6.61. The van der Waals surface area contributed by atoms with Crippen molar-refractivity contribution >= 4 is 40.6 Å². The number of non-ortho nitro benzene ring substituents is 1. The number of benzene rings is 1. The van der Waals surface area contributed by atoms with Crippen molar-refractivity contribution in [2.45, 2.75) is 26.7 Å². The first kappa shape index (κ1) is 21.8. The molecule has 0 aliphatic carbocycles. The zero-order valence-electron chi connectivity index (χ0n) is 17.7. The Morgan fingerprint density at radius 2 is 1.81 bits per heavy atom. The molecule has 2 aliphatic heterocycles. The van der Waals surface area contributed by atoms with Gasteiger partial charge in [0.25, 0.3) is 16.8 Å². The average Bonchev–Trinajstić information content (AvgIpc) is 3.45. The summed E-state index contributed by atoms with van der Waals surface area (Å²) in [5.74, 6) is -0.671. The van der Waals surface area contributed by atoms with Crippen LogP contribution in [0.5, 0.6) is 0 Å². The summed E-state index contributed by atoms with van der Waals surface area (Å²) in [6.45, 7) is 4.87. The van der Waals surface area contributed by atoms with Crippen LogP contribution in [0.1, 0.15) is 29.8 Å². The minimum absolute atomic E-state index is 0.00795. The lowest BCUT2D eigenvalue weighted by Crippen LogP contribution is -2.40. The number of likely N-dealkylation sites (tertiary alicyclic amines) is 1. The third kappa shape index (κ3) is 4.05. The molecule has 0 unspecified atom stereocenters. The van der Waals surface area contributed by atoms with Gasteiger partial charge in [0.1, 0.15) is 6.54 Å². The summed E-state index contributed by atoms with van der Waals surface area (Å²) in [4.78, 5) is 51.0. The number of amides is 3. The zero-order chi connectivity index (χ0) is 23.0. The normalized spacial score (nSPS) is 17.6. The first-order valence-electron chi connectivity index (χ1n) is 10.2. The molecule has 0 N–H and O–H groups in total. The Morgan fingerprint density at radius 1 is 1.16 bits per heavy atom.